The zero-order valence-corrected chi connectivity index (χ0v) is 16.2. The molecule has 30 heavy (non-hydrogen) atoms. The number of carbonyl (C=O) groups excluding carboxylic acids is 1. The van der Waals surface area contributed by atoms with Gasteiger partial charge in [-0.25, -0.2) is 14.6 Å². The summed E-state index contributed by atoms with van der Waals surface area (Å²) in [4.78, 5) is 33.4. The first-order valence-electron chi connectivity index (χ1n) is 9.25. The first-order chi connectivity index (χ1) is 14.7. The van der Waals surface area contributed by atoms with Crippen LogP contribution in [0.25, 0.3) is 16.9 Å². The summed E-state index contributed by atoms with van der Waals surface area (Å²) in [5, 5.41) is 5.75. The quantitative estimate of drug-likeness (QED) is 0.517. The van der Waals surface area contributed by atoms with Gasteiger partial charge in [0.25, 0.3) is 11.5 Å². The van der Waals surface area contributed by atoms with E-state index in [0.717, 1.165) is 5.56 Å². The summed E-state index contributed by atoms with van der Waals surface area (Å²) >= 11 is 0. The molecule has 3 heterocycles. The molecule has 0 saturated carbocycles. The molecule has 0 fully saturated rings. The minimum absolute atomic E-state index is 0.235. The van der Waals surface area contributed by atoms with Crippen LogP contribution in [0, 0.1) is 0 Å². The maximum absolute atomic E-state index is 12.8. The Bertz CT molecular complexity index is 1210. The van der Waals surface area contributed by atoms with E-state index in [1.165, 1.54) is 18.0 Å². The lowest BCUT2D eigenvalue weighted by atomic mass is 10.1. The van der Waals surface area contributed by atoms with E-state index in [1.54, 1.807) is 36.7 Å². The first kappa shape index (κ1) is 19.1. The van der Waals surface area contributed by atoms with Crippen molar-refractivity contribution in [2.24, 2.45) is 0 Å². The highest BCUT2D eigenvalue weighted by Gasteiger charge is 2.13. The van der Waals surface area contributed by atoms with Crippen molar-refractivity contribution in [3.8, 4) is 22.8 Å². The minimum Gasteiger partial charge on any atom is -0.481 e. The fourth-order valence-corrected chi connectivity index (χ4v) is 2.97. The monoisotopic (exact) mass is 401 g/mol. The van der Waals surface area contributed by atoms with Crippen molar-refractivity contribution in [1.29, 1.82) is 0 Å². The number of amides is 1. The van der Waals surface area contributed by atoms with Gasteiger partial charge < -0.3 is 10.1 Å². The lowest BCUT2D eigenvalue weighted by Gasteiger charge is -2.06. The van der Waals surface area contributed by atoms with Crippen molar-refractivity contribution in [2.45, 2.75) is 6.54 Å². The molecule has 0 atom stereocenters. The van der Waals surface area contributed by atoms with Gasteiger partial charge in [0.05, 0.1) is 18.2 Å². The third kappa shape index (κ3) is 3.97. The fraction of sp³-hybridized carbons (Fsp3) is 0.0909. The number of hydrogen-bond acceptors (Lipinski definition) is 5. The van der Waals surface area contributed by atoms with Gasteiger partial charge in [-0.05, 0) is 29.3 Å². The van der Waals surface area contributed by atoms with Crippen molar-refractivity contribution in [2.75, 3.05) is 7.11 Å². The molecular weight excluding hydrogens is 382 g/mol. The number of hydrogen-bond donors (Lipinski definition) is 2. The molecule has 0 unspecified atom stereocenters. The Hall–Kier alpha value is -4.20. The molecule has 8 heteroatoms. The Morgan fingerprint density at radius 2 is 1.97 bits per heavy atom. The van der Waals surface area contributed by atoms with Crippen LogP contribution in [0.4, 0.5) is 0 Å². The van der Waals surface area contributed by atoms with Gasteiger partial charge >= 0.3 is 0 Å². The number of aromatic nitrogens is 4. The summed E-state index contributed by atoms with van der Waals surface area (Å²) in [5.74, 6) is 0.567. The number of pyridine rings is 2. The zero-order valence-electron chi connectivity index (χ0n) is 16.2. The first-order valence-corrected chi connectivity index (χ1v) is 9.25. The highest BCUT2D eigenvalue weighted by atomic mass is 16.5. The lowest BCUT2D eigenvalue weighted by molar-refractivity contribution is 0.0950. The Kier molecular flexibility index (Phi) is 5.38. The molecule has 8 nitrogen and oxygen atoms in total. The summed E-state index contributed by atoms with van der Waals surface area (Å²) in [5.41, 5.74) is 2.29. The largest absolute Gasteiger partial charge is 0.481 e. The molecule has 0 spiro atoms. The van der Waals surface area contributed by atoms with Crippen LogP contribution in [-0.2, 0) is 6.54 Å². The lowest BCUT2D eigenvalue weighted by Crippen LogP contribution is -2.23. The number of carbonyl (C=O) groups is 1. The average Bonchev–Trinajstić information content (AvgIpc) is 3.19. The maximum Gasteiger partial charge on any atom is 0.280 e. The number of benzene rings is 1. The molecule has 0 aliphatic heterocycles. The number of aromatic amines is 1. The number of nitrogens with zero attached hydrogens (tertiary/aromatic N) is 3. The Balaban J connectivity index is 1.51. The number of ether oxygens (including phenoxy) is 1. The van der Waals surface area contributed by atoms with E-state index in [9.17, 15) is 9.59 Å². The molecule has 2 N–H and O–H groups in total. The van der Waals surface area contributed by atoms with E-state index in [0.29, 0.717) is 34.9 Å². The predicted octanol–water partition coefficient (Wildman–Crippen LogP) is 2.56. The highest BCUT2D eigenvalue weighted by Crippen LogP contribution is 2.19. The van der Waals surface area contributed by atoms with E-state index in [4.69, 9.17) is 4.74 Å². The normalized spacial score (nSPS) is 10.6. The van der Waals surface area contributed by atoms with Crippen molar-refractivity contribution >= 4 is 5.91 Å². The molecule has 1 aromatic carbocycles. The molecule has 3 aromatic heterocycles. The van der Waals surface area contributed by atoms with E-state index in [2.05, 4.69) is 20.4 Å². The van der Waals surface area contributed by atoms with Crippen LogP contribution < -0.4 is 15.6 Å². The van der Waals surface area contributed by atoms with Crippen LogP contribution in [-0.4, -0.2) is 32.8 Å². The van der Waals surface area contributed by atoms with Crippen LogP contribution in [0.3, 0.4) is 0 Å². The second-order valence-electron chi connectivity index (χ2n) is 6.49. The molecule has 1 amide bonds. The molecule has 4 aromatic rings. The van der Waals surface area contributed by atoms with Crippen LogP contribution in [0.5, 0.6) is 5.88 Å². The minimum atomic E-state index is -0.267. The number of rotatable bonds is 6. The summed E-state index contributed by atoms with van der Waals surface area (Å²) in [6, 6.07) is 16.3. The SMILES string of the molecule is COc1cc(-c2c[nH]n(-c3ccc(C(=O)NCc4ccccc4)cn3)c2=O)ccn1. The summed E-state index contributed by atoms with van der Waals surface area (Å²) in [6.07, 6.45) is 4.61. The third-order valence-electron chi connectivity index (χ3n) is 4.56. The van der Waals surface area contributed by atoms with Gasteiger partial charge in [0.1, 0.15) is 0 Å². The van der Waals surface area contributed by atoms with Crippen molar-refractivity contribution in [3.05, 3.63) is 94.7 Å². The molecule has 4 rings (SSSR count). The topological polar surface area (TPSA) is 102 Å². The second kappa shape index (κ2) is 8.44. The van der Waals surface area contributed by atoms with Crippen molar-refractivity contribution in [1.82, 2.24) is 25.1 Å². The molecule has 0 aliphatic rings. The van der Waals surface area contributed by atoms with Gasteiger partial charge in [-0.15, -0.1) is 0 Å². The van der Waals surface area contributed by atoms with E-state index in [1.807, 2.05) is 30.3 Å². The van der Waals surface area contributed by atoms with Crippen LogP contribution in [0.2, 0.25) is 0 Å². The number of H-pyrrole nitrogens is 1. The Morgan fingerprint density at radius 3 is 2.70 bits per heavy atom. The molecule has 0 saturated heterocycles. The average molecular weight is 401 g/mol. The van der Waals surface area contributed by atoms with Gasteiger partial charge in [-0.2, -0.15) is 0 Å². The highest BCUT2D eigenvalue weighted by molar-refractivity contribution is 5.93. The smallest absolute Gasteiger partial charge is 0.280 e. The summed E-state index contributed by atoms with van der Waals surface area (Å²) < 4.78 is 6.42. The number of nitrogens with one attached hydrogen (secondary N) is 2. The summed E-state index contributed by atoms with van der Waals surface area (Å²) in [7, 11) is 1.52. The van der Waals surface area contributed by atoms with Gasteiger partial charge in [0.15, 0.2) is 5.82 Å². The Labute approximate surface area is 172 Å². The standard InChI is InChI=1S/C22H19N5O3/c1-30-20-11-16(9-10-23-20)18-14-26-27(22(18)29)19-8-7-17(13-24-19)21(28)25-12-15-5-3-2-4-6-15/h2-11,13-14,26H,12H2,1H3,(H,25,28). The van der Waals surface area contributed by atoms with Gasteiger partial charge in [-0.1, -0.05) is 30.3 Å². The van der Waals surface area contributed by atoms with Crippen LogP contribution in [0.1, 0.15) is 15.9 Å². The second-order valence-corrected chi connectivity index (χ2v) is 6.49. The van der Waals surface area contributed by atoms with E-state index < -0.39 is 0 Å². The van der Waals surface area contributed by atoms with E-state index in [-0.39, 0.29) is 11.5 Å². The van der Waals surface area contributed by atoms with Crippen molar-refractivity contribution < 1.29 is 9.53 Å². The van der Waals surface area contributed by atoms with Crippen LogP contribution in [0.15, 0.2) is 78.0 Å². The van der Waals surface area contributed by atoms with Crippen LogP contribution >= 0.6 is 0 Å². The maximum atomic E-state index is 12.8. The third-order valence-corrected chi connectivity index (χ3v) is 4.56. The number of methoxy groups -OCH3 is 1. The van der Waals surface area contributed by atoms with Gasteiger partial charge in [-0.3, -0.25) is 14.7 Å². The molecule has 150 valence electrons. The van der Waals surface area contributed by atoms with E-state index >= 15 is 0 Å². The predicted molar refractivity (Wildman–Crippen MR) is 112 cm³/mol. The fourth-order valence-electron chi connectivity index (χ4n) is 2.97. The molecule has 0 aliphatic carbocycles. The Morgan fingerprint density at radius 1 is 1.13 bits per heavy atom. The molecular formula is C22H19N5O3. The summed E-state index contributed by atoms with van der Waals surface area (Å²) in [6.45, 7) is 0.427. The zero-order chi connectivity index (χ0) is 20.9. The molecule has 0 radical (unpaired) electrons. The van der Waals surface area contributed by atoms with Gasteiger partial charge in [0, 0.05) is 31.2 Å². The molecule has 0 bridgehead atoms. The van der Waals surface area contributed by atoms with Crippen molar-refractivity contribution in [3.63, 3.8) is 0 Å². The van der Waals surface area contributed by atoms with Gasteiger partial charge in [0.2, 0.25) is 5.88 Å².